The number of nitrogens with one attached hydrogen (secondary N) is 1. The third-order valence-electron chi connectivity index (χ3n) is 2.39. The van der Waals surface area contributed by atoms with Gasteiger partial charge in [0.1, 0.15) is 0 Å². The molecule has 0 spiro atoms. The predicted octanol–water partition coefficient (Wildman–Crippen LogP) is -0.149. The van der Waals surface area contributed by atoms with E-state index in [1.54, 1.807) is 6.20 Å². The summed E-state index contributed by atoms with van der Waals surface area (Å²) in [6.45, 7) is 2.83. The van der Waals surface area contributed by atoms with Crippen LogP contribution in [0, 0.1) is 5.92 Å². The average Bonchev–Trinajstić information content (AvgIpc) is 2.60. The van der Waals surface area contributed by atoms with Crippen LogP contribution in [0.15, 0.2) is 18.5 Å². The molecule has 1 fully saturated rings. The van der Waals surface area contributed by atoms with E-state index in [2.05, 4.69) is 10.4 Å². The van der Waals surface area contributed by atoms with Crippen molar-refractivity contribution in [1.29, 1.82) is 0 Å². The van der Waals surface area contributed by atoms with Gasteiger partial charge in [-0.1, -0.05) is 0 Å². The van der Waals surface area contributed by atoms with Gasteiger partial charge in [0.05, 0.1) is 6.54 Å². The number of hydrogen-bond donors (Lipinski definition) is 1. The zero-order chi connectivity index (χ0) is 9.80. The quantitative estimate of drug-likeness (QED) is 0.740. The van der Waals surface area contributed by atoms with Crippen molar-refractivity contribution in [2.24, 2.45) is 5.92 Å². The van der Waals surface area contributed by atoms with Gasteiger partial charge in [-0.15, -0.1) is 0 Å². The van der Waals surface area contributed by atoms with Crippen LogP contribution in [-0.2, 0) is 17.3 Å². The third-order valence-corrected chi connectivity index (χ3v) is 3.88. The summed E-state index contributed by atoms with van der Waals surface area (Å²) in [5.74, 6) is 2.19. The van der Waals surface area contributed by atoms with Gasteiger partial charge in [-0.25, -0.2) is 0 Å². The highest BCUT2D eigenvalue weighted by molar-refractivity contribution is 7.84. The third kappa shape index (κ3) is 2.65. The largest absolute Gasteiger partial charge is 0.316 e. The Bertz CT molecular complexity index is 295. The van der Waals surface area contributed by atoms with Gasteiger partial charge in [0, 0.05) is 47.8 Å². The van der Waals surface area contributed by atoms with Crippen LogP contribution in [0.2, 0.25) is 0 Å². The van der Waals surface area contributed by atoms with E-state index < -0.39 is 10.8 Å². The number of aryl methyl sites for hydroxylation is 1. The van der Waals surface area contributed by atoms with E-state index in [-0.39, 0.29) is 0 Å². The molecule has 1 aromatic rings. The van der Waals surface area contributed by atoms with Gasteiger partial charge in [-0.3, -0.25) is 8.89 Å². The Morgan fingerprint density at radius 1 is 1.57 bits per heavy atom. The first-order valence-electron chi connectivity index (χ1n) is 4.88. The lowest BCUT2D eigenvalue weighted by molar-refractivity contribution is 0.382. The smallest absolute Gasteiger partial charge is 0.0524 e. The molecule has 0 radical (unpaired) electrons. The maximum atomic E-state index is 11.6. The molecule has 2 rings (SSSR count). The summed E-state index contributed by atoms with van der Waals surface area (Å²) < 4.78 is 13.4. The zero-order valence-electron chi connectivity index (χ0n) is 8.06. The number of hydrogen-bond acceptors (Lipinski definition) is 3. The molecule has 1 saturated heterocycles. The molecular weight excluding hydrogens is 198 g/mol. The molecule has 1 unspecified atom stereocenters. The summed E-state index contributed by atoms with van der Waals surface area (Å²) in [5, 5.41) is 7.26. The molecule has 1 N–H and O–H groups in total. The molecule has 1 atom stereocenters. The fourth-order valence-electron chi connectivity index (χ4n) is 1.44. The lowest BCUT2D eigenvalue weighted by Gasteiger charge is -2.26. The second-order valence-corrected chi connectivity index (χ2v) is 5.23. The SMILES string of the molecule is O=S(CCn1cccn1)CC1CNC1. The molecule has 0 aliphatic carbocycles. The summed E-state index contributed by atoms with van der Waals surface area (Å²) in [6, 6.07) is 1.89. The Labute approximate surface area is 86.1 Å². The van der Waals surface area contributed by atoms with Crippen LogP contribution >= 0.6 is 0 Å². The van der Waals surface area contributed by atoms with Crippen molar-refractivity contribution in [2.75, 3.05) is 24.6 Å². The highest BCUT2D eigenvalue weighted by Gasteiger charge is 2.18. The predicted molar refractivity (Wildman–Crippen MR) is 56.5 cm³/mol. The monoisotopic (exact) mass is 213 g/mol. The fraction of sp³-hybridized carbons (Fsp3) is 0.667. The van der Waals surface area contributed by atoms with Crippen LogP contribution in [0.5, 0.6) is 0 Å². The molecule has 0 bridgehead atoms. The highest BCUT2D eigenvalue weighted by atomic mass is 32.2. The van der Waals surface area contributed by atoms with Gasteiger partial charge in [0.15, 0.2) is 0 Å². The summed E-state index contributed by atoms with van der Waals surface area (Å²) in [5.41, 5.74) is 0. The summed E-state index contributed by atoms with van der Waals surface area (Å²) in [6.07, 6.45) is 3.65. The topological polar surface area (TPSA) is 46.9 Å². The Morgan fingerprint density at radius 2 is 2.43 bits per heavy atom. The minimum atomic E-state index is -0.684. The Kier molecular flexibility index (Phi) is 3.31. The maximum absolute atomic E-state index is 11.6. The van der Waals surface area contributed by atoms with E-state index in [0.717, 1.165) is 31.1 Å². The summed E-state index contributed by atoms with van der Waals surface area (Å²) in [7, 11) is -0.684. The molecule has 0 aromatic carbocycles. The standard InChI is InChI=1S/C9H15N3OS/c13-14(8-9-6-10-7-9)5-4-12-3-1-2-11-12/h1-3,9-10H,4-8H2. The molecule has 78 valence electrons. The van der Waals surface area contributed by atoms with Gasteiger partial charge in [-0.2, -0.15) is 5.10 Å². The highest BCUT2D eigenvalue weighted by Crippen LogP contribution is 2.05. The Morgan fingerprint density at radius 3 is 3.00 bits per heavy atom. The van der Waals surface area contributed by atoms with Crippen LogP contribution in [0.4, 0.5) is 0 Å². The van der Waals surface area contributed by atoms with Crippen LogP contribution in [-0.4, -0.2) is 38.6 Å². The molecule has 4 nitrogen and oxygen atoms in total. The van der Waals surface area contributed by atoms with Crippen LogP contribution in [0.25, 0.3) is 0 Å². The first kappa shape index (κ1) is 9.86. The number of rotatable bonds is 5. The molecule has 0 amide bonds. The molecular formula is C9H15N3OS. The Balaban J connectivity index is 1.67. The maximum Gasteiger partial charge on any atom is 0.0524 e. The average molecular weight is 213 g/mol. The second-order valence-electron chi connectivity index (χ2n) is 3.60. The summed E-state index contributed by atoms with van der Waals surface area (Å²) >= 11 is 0. The van der Waals surface area contributed by atoms with Crippen molar-refractivity contribution < 1.29 is 4.21 Å². The minimum Gasteiger partial charge on any atom is -0.316 e. The van der Waals surface area contributed by atoms with Crippen molar-refractivity contribution in [3.63, 3.8) is 0 Å². The van der Waals surface area contributed by atoms with E-state index in [0.29, 0.717) is 5.92 Å². The van der Waals surface area contributed by atoms with Crippen molar-refractivity contribution >= 4 is 10.8 Å². The summed E-state index contributed by atoms with van der Waals surface area (Å²) in [4.78, 5) is 0. The molecule has 2 heterocycles. The second kappa shape index (κ2) is 4.70. The lowest BCUT2D eigenvalue weighted by atomic mass is 10.1. The fourth-order valence-corrected chi connectivity index (χ4v) is 2.76. The molecule has 5 heteroatoms. The van der Waals surface area contributed by atoms with Crippen LogP contribution in [0.1, 0.15) is 0 Å². The van der Waals surface area contributed by atoms with E-state index in [1.807, 2.05) is 16.9 Å². The first-order valence-corrected chi connectivity index (χ1v) is 6.36. The van der Waals surface area contributed by atoms with E-state index in [1.165, 1.54) is 0 Å². The van der Waals surface area contributed by atoms with Crippen molar-refractivity contribution in [1.82, 2.24) is 15.1 Å². The minimum absolute atomic E-state index is 0.633. The van der Waals surface area contributed by atoms with Gasteiger partial charge >= 0.3 is 0 Å². The van der Waals surface area contributed by atoms with Gasteiger partial charge in [-0.05, 0) is 12.0 Å². The van der Waals surface area contributed by atoms with Gasteiger partial charge in [0.2, 0.25) is 0 Å². The van der Waals surface area contributed by atoms with E-state index >= 15 is 0 Å². The molecule has 1 aromatic heterocycles. The number of nitrogens with zero attached hydrogens (tertiary/aromatic N) is 2. The van der Waals surface area contributed by atoms with Crippen LogP contribution in [0.3, 0.4) is 0 Å². The van der Waals surface area contributed by atoms with Gasteiger partial charge in [0.25, 0.3) is 0 Å². The zero-order valence-corrected chi connectivity index (χ0v) is 8.87. The number of aromatic nitrogens is 2. The van der Waals surface area contributed by atoms with E-state index in [9.17, 15) is 4.21 Å². The molecule has 1 aliphatic heterocycles. The Hall–Kier alpha value is -0.680. The van der Waals surface area contributed by atoms with Crippen molar-refractivity contribution in [2.45, 2.75) is 6.54 Å². The van der Waals surface area contributed by atoms with Crippen molar-refractivity contribution in [3.05, 3.63) is 18.5 Å². The molecule has 0 saturated carbocycles. The molecule has 14 heavy (non-hydrogen) atoms. The lowest BCUT2D eigenvalue weighted by Crippen LogP contribution is -2.45. The first-order chi connectivity index (χ1) is 6.84. The van der Waals surface area contributed by atoms with Crippen molar-refractivity contribution in [3.8, 4) is 0 Å². The van der Waals surface area contributed by atoms with Gasteiger partial charge < -0.3 is 5.32 Å². The normalized spacial score (nSPS) is 19.1. The molecule has 1 aliphatic rings. The van der Waals surface area contributed by atoms with E-state index in [4.69, 9.17) is 0 Å². The van der Waals surface area contributed by atoms with Crippen LogP contribution < -0.4 is 5.32 Å².